The van der Waals surface area contributed by atoms with Crippen LogP contribution in [-0.2, 0) is 16.2 Å². The van der Waals surface area contributed by atoms with Crippen LogP contribution in [0.3, 0.4) is 0 Å². The lowest BCUT2D eigenvalue weighted by Crippen LogP contribution is -2.14. The molecule has 4 N–H and O–H groups in total. The Labute approximate surface area is 207 Å². The summed E-state index contributed by atoms with van der Waals surface area (Å²) in [5.41, 5.74) is -1.56. The van der Waals surface area contributed by atoms with Crippen LogP contribution in [0.15, 0.2) is 39.5 Å². The summed E-state index contributed by atoms with van der Waals surface area (Å²) in [6.45, 7) is 1.48. The molecule has 10 nitrogen and oxygen atoms in total. The Morgan fingerprint density at radius 3 is 2.34 bits per heavy atom. The fourth-order valence-corrected chi connectivity index (χ4v) is 4.83. The van der Waals surface area contributed by atoms with E-state index >= 15 is 0 Å². The van der Waals surface area contributed by atoms with Crippen molar-refractivity contribution in [2.75, 3.05) is 0 Å². The lowest BCUT2D eigenvalue weighted by molar-refractivity contribution is -0.142. The van der Waals surface area contributed by atoms with Gasteiger partial charge in [-0.1, -0.05) is 40.6 Å². The highest BCUT2D eigenvalue weighted by atomic mass is 35.5. The Balaban J connectivity index is 0.000000261. The molecular weight excluding hydrogens is 558 g/mol. The molecule has 186 valence electrons. The van der Waals surface area contributed by atoms with Gasteiger partial charge in [-0.25, -0.2) is 27.9 Å². The van der Waals surface area contributed by atoms with Crippen molar-refractivity contribution in [2.24, 2.45) is 5.14 Å². The molecule has 0 spiro atoms. The maximum absolute atomic E-state index is 13.3. The maximum Gasteiger partial charge on any atom is 0.433 e. The average Bonchev–Trinajstić information content (AvgIpc) is 3.31. The summed E-state index contributed by atoms with van der Waals surface area (Å²) in [7, 11) is -3.73. The summed E-state index contributed by atoms with van der Waals surface area (Å²) in [5, 5.41) is 17.7. The first kappa shape index (κ1) is 26.6. The summed E-state index contributed by atoms with van der Waals surface area (Å²) in [4.78, 5) is 27.7. The zero-order chi connectivity index (χ0) is 26.3. The summed E-state index contributed by atoms with van der Waals surface area (Å²) in [6, 6.07) is 4.96. The van der Waals surface area contributed by atoms with Crippen LogP contribution in [-0.4, -0.2) is 39.1 Å². The number of aromatic carboxylic acids is 1. The number of fused-ring (bicyclic) bond motifs is 1. The number of carboxylic acid groups (broad SMARTS) is 1. The second kappa shape index (κ2) is 9.58. The molecule has 0 saturated heterocycles. The van der Waals surface area contributed by atoms with Crippen LogP contribution in [0.4, 0.5) is 13.2 Å². The van der Waals surface area contributed by atoms with E-state index in [1.165, 1.54) is 25.1 Å². The Morgan fingerprint density at radius 2 is 1.89 bits per heavy atom. The number of nitrogens with zero attached hydrogens (tertiary/aromatic N) is 3. The highest BCUT2D eigenvalue weighted by Gasteiger charge is 2.36. The van der Waals surface area contributed by atoms with Gasteiger partial charge in [0, 0.05) is 11.3 Å². The molecule has 3 aromatic heterocycles. The normalized spacial score (nSPS) is 11.9. The largest absolute Gasteiger partial charge is 0.477 e. The number of nitrogens with two attached hydrogens (primary N) is 1. The van der Waals surface area contributed by atoms with Gasteiger partial charge in [0.25, 0.3) is 0 Å². The van der Waals surface area contributed by atoms with E-state index in [1.807, 2.05) is 0 Å². The van der Waals surface area contributed by atoms with E-state index in [1.54, 1.807) is 0 Å². The zero-order valence-electron chi connectivity index (χ0n) is 17.1. The number of thiazole rings is 1. The highest BCUT2D eigenvalue weighted by molar-refractivity contribution is 7.91. The number of carboxylic acids is 1. The van der Waals surface area contributed by atoms with Crippen LogP contribution in [0, 0.1) is 6.92 Å². The molecule has 0 atom stereocenters. The molecule has 0 saturated carbocycles. The van der Waals surface area contributed by atoms with Gasteiger partial charge >= 0.3 is 17.0 Å². The molecule has 0 radical (unpaired) electrons. The molecule has 0 aliphatic carbocycles. The lowest BCUT2D eigenvalue weighted by atomic mass is 10.1. The predicted octanol–water partition coefficient (Wildman–Crippen LogP) is 3.81. The molecule has 0 unspecified atom stereocenters. The summed E-state index contributed by atoms with van der Waals surface area (Å²) >= 11 is 12.3. The molecule has 35 heavy (non-hydrogen) atoms. The molecule has 4 rings (SSSR count). The van der Waals surface area contributed by atoms with Gasteiger partial charge in [0.1, 0.15) is 5.56 Å². The van der Waals surface area contributed by atoms with E-state index in [-0.39, 0.29) is 25.5 Å². The SMILES string of the molecule is Cc1[nH]c(=O)sc1S(N)(=O)=O.O=C(O)c1cnn2c(C(F)(F)F)cc(-c3ccc(Cl)c(Cl)c3)nc12. The minimum absolute atomic E-state index is 0.0949. The number of alkyl halides is 3. The lowest BCUT2D eigenvalue weighted by Gasteiger charge is -2.11. The van der Waals surface area contributed by atoms with Crippen molar-refractivity contribution in [3.63, 3.8) is 0 Å². The topological polar surface area (TPSA) is 161 Å². The first-order valence-corrected chi connectivity index (χ1v) is 12.1. The average molecular weight is 570 g/mol. The Bertz CT molecular complexity index is 1610. The number of primary sulfonamides is 1. The number of nitrogens with one attached hydrogen (secondary N) is 1. The molecule has 1 aromatic carbocycles. The maximum atomic E-state index is 13.3. The molecule has 3 heterocycles. The van der Waals surface area contributed by atoms with Crippen LogP contribution < -0.4 is 10.0 Å². The predicted molar refractivity (Wildman–Crippen MR) is 121 cm³/mol. The fourth-order valence-electron chi connectivity index (χ4n) is 2.78. The molecule has 0 amide bonds. The van der Waals surface area contributed by atoms with Crippen LogP contribution in [0.2, 0.25) is 10.0 Å². The standard InChI is InChI=1S/C14H6Cl2F3N3O2.C4H6N2O3S2/c15-8-2-1-6(3-9(8)16)10-4-11(14(17,18)19)22-12(21-10)7(5-20-22)13(23)24;1-2-3(11(5,8)9)10-4(7)6-2/h1-5H,(H,23,24);1H3,(H,6,7)(H2,5,8,9). The number of sulfonamides is 1. The van der Waals surface area contributed by atoms with E-state index in [0.717, 1.165) is 12.3 Å². The molecular formula is C18H12Cl2F3N5O5S2. The third-order valence-corrected chi connectivity index (χ3v) is 7.54. The van der Waals surface area contributed by atoms with Crippen LogP contribution in [0.5, 0.6) is 0 Å². The summed E-state index contributed by atoms with van der Waals surface area (Å²) in [6.07, 6.45) is -3.94. The van der Waals surface area contributed by atoms with Gasteiger partial charge in [-0.15, -0.1) is 0 Å². The second-order valence-electron chi connectivity index (χ2n) is 6.72. The Kier molecular flexibility index (Phi) is 7.29. The van der Waals surface area contributed by atoms with E-state index in [9.17, 15) is 31.2 Å². The van der Waals surface area contributed by atoms with Crippen LogP contribution in [0.25, 0.3) is 16.9 Å². The van der Waals surface area contributed by atoms with Crippen LogP contribution >= 0.6 is 34.5 Å². The number of hydrogen-bond donors (Lipinski definition) is 3. The zero-order valence-corrected chi connectivity index (χ0v) is 20.2. The fraction of sp³-hybridized carbons (Fsp3) is 0.111. The molecule has 0 aliphatic rings. The first-order valence-electron chi connectivity index (χ1n) is 8.96. The third-order valence-electron chi connectivity index (χ3n) is 4.25. The summed E-state index contributed by atoms with van der Waals surface area (Å²) in [5.74, 6) is -1.43. The van der Waals surface area contributed by atoms with Crippen molar-refractivity contribution < 1.29 is 31.5 Å². The Morgan fingerprint density at radius 1 is 1.23 bits per heavy atom. The van der Waals surface area contributed by atoms with Gasteiger partial charge in [-0.3, -0.25) is 4.79 Å². The quantitative estimate of drug-likeness (QED) is 0.338. The van der Waals surface area contributed by atoms with Gasteiger partial charge in [-0.05, 0) is 25.1 Å². The number of aromatic amines is 1. The highest BCUT2D eigenvalue weighted by Crippen LogP contribution is 2.34. The number of aryl methyl sites for hydroxylation is 1. The van der Waals surface area contributed by atoms with Gasteiger partial charge in [0.2, 0.25) is 10.0 Å². The number of benzene rings is 1. The second-order valence-corrected chi connectivity index (χ2v) is 10.3. The van der Waals surface area contributed by atoms with E-state index in [0.29, 0.717) is 21.5 Å². The molecule has 0 bridgehead atoms. The summed E-state index contributed by atoms with van der Waals surface area (Å²) < 4.78 is 61.6. The monoisotopic (exact) mass is 569 g/mol. The third kappa shape index (κ3) is 5.82. The minimum Gasteiger partial charge on any atom is -0.477 e. The molecule has 17 heteroatoms. The number of carbonyl (C=O) groups is 1. The molecule has 0 fully saturated rings. The van der Waals surface area contributed by atoms with E-state index in [4.69, 9.17) is 33.4 Å². The van der Waals surface area contributed by atoms with E-state index in [2.05, 4.69) is 15.1 Å². The number of rotatable bonds is 3. The van der Waals surface area contributed by atoms with Gasteiger partial charge < -0.3 is 10.1 Å². The van der Waals surface area contributed by atoms with Crippen molar-refractivity contribution in [3.05, 3.63) is 67.1 Å². The van der Waals surface area contributed by atoms with Gasteiger partial charge in [0.05, 0.1) is 21.9 Å². The van der Waals surface area contributed by atoms with Crippen molar-refractivity contribution >= 4 is 56.2 Å². The van der Waals surface area contributed by atoms with Gasteiger partial charge in [0.15, 0.2) is 15.6 Å². The van der Waals surface area contributed by atoms with Crippen molar-refractivity contribution in [2.45, 2.75) is 17.3 Å². The van der Waals surface area contributed by atoms with Crippen molar-refractivity contribution in [1.82, 2.24) is 19.6 Å². The minimum atomic E-state index is -4.76. The van der Waals surface area contributed by atoms with Gasteiger partial charge in [-0.2, -0.15) is 18.3 Å². The molecule has 0 aliphatic heterocycles. The number of halogens is 5. The Hall–Kier alpha value is -2.98. The number of aromatic nitrogens is 4. The van der Waals surface area contributed by atoms with Crippen LogP contribution in [0.1, 0.15) is 21.7 Å². The number of H-pyrrole nitrogens is 1. The first-order chi connectivity index (χ1) is 16.1. The molecule has 4 aromatic rings. The van der Waals surface area contributed by atoms with Crippen molar-refractivity contribution in [1.29, 1.82) is 0 Å². The van der Waals surface area contributed by atoms with E-state index < -0.39 is 43.9 Å². The van der Waals surface area contributed by atoms with Crippen molar-refractivity contribution in [3.8, 4) is 11.3 Å². The smallest absolute Gasteiger partial charge is 0.433 e. The number of hydrogen-bond acceptors (Lipinski definition) is 7.